The zero-order valence-electron chi connectivity index (χ0n) is 13.4. The van der Waals surface area contributed by atoms with Gasteiger partial charge in [0.1, 0.15) is 6.10 Å². The standard InChI is InChI=1S/C19H23NO3/c1-2-21-16-10-6-7-11-17(16)23-19(15-8-4-3-5-9-15)18-14-20-12-13-22-18/h3-11,18-20H,2,12-14H2,1H3/t18?,19-/m1/s1. The molecule has 2 aromatic carbocycles. The van der Waals surface area contributed by atoms with Gasteiger partial charge in [-0.3, -0.25) is 0 Å². The van der Waals surface area contributed by atoms with Crippen LogP contribution in [0, 0.1) is 0 Å². The normalized spacial score (nSPS) is 19.1. The number of hydrogen-bond donors (Lipinski definition) is 1. The number of nitrogens with one attached hydrogen (secondary N) is 1. The maximum Gasteiger partial charge on any atom is 0.162 e. The van der Waals surface area contributed by atoms with Crippen LogP contribution in [-0.4, -0.2) is 32.4 Å². The number of para-hydroxylation sites is 2. The molecular formula is C19H23NO3. The molecule has 0 aromatic heterocycles. The molecule has 4 nitrogen and oxygen atoms in total. The van der Waals surface area contributed by atoms with Gasteiger partial charge in [-0.1, -0.05) is 42.5 Å². The SMILES string of the molecule is CCOc1ccccc1O[C@H](c1ccccc1)C1CNCCO1. The molecule has 1 fully saturated rings. The molecule has 1 heterocycles. The van der Waals surface area contributed by atoms with E-state index in [1.165, 1.54) is 0 Å². The molecule has 0 radical (unpaired) electrons. The third-order valence-corrected chi connectivity index (χ3v) is 3.83. The van der Waals surface area contributed by atoms with Gasteiger partial charge >= 0.3 is 0 Å². The molecular weight excluding hydrogens is 290 g/mol. The van der Waals surface area contributed by atoms with E-state index in [0.29, 0.717) is 13.2 Å². The van der Waals surface area contributed by atoms with Crippen LogP contribution < -0.4 is 14.8 Å². The van der Waals surface area contributed by atoms with Crippen LogP contribution in [0.15, 0.2) is 54.6 Å². The summed E-state index contributed by atoms with van der Waals surface area (Å²) in [4.78, 5) is 0. The third-order valence-electron chi connectivity index (χ3n) is 3.83. The molecule has 1 N–H and O–H groups in total. The van der Waals surface area contributed by atoms with Crippen molar-refractivity contribution in [1.29, 1.82) is 0 Å². The topological polar surface area (TPSA) is 39.7 Å². The molecule has 1 unspecified atom stereocenters. The minimum absolute atomic E-state index is 0.0270. The Kier molecular flexibility index (Phi) is 5.51. The van der Waals surface area contributed by atoms with Crippen LogP contribution >= 0.6 is 0 Å². The first-order chi connectivity index (χ1) is 11.4. The van der Waals surface area contributed by atoms with E-state index in [1.54, 1.807) is 0 Å². The quantitative estimate of drug-likeness (QED) is 0.889. The Hall–Kier alpha value is -2.04. The van der Waals surface area contributed by atoms with Crippen molar-refractivity contribution in [2.45, 2.75) is 19.1 Å². The summed E-state index contributed by atoms with van der Waals surface area (Å²) in [5.74, 6) is 1.51. The molecule has 2 aromatic rings. The summed E-state index contributed by atoms with van der Waals surface area (Å²) < 4.78 is 18.0. The lowest BCUT2D eigenvalue weighted by Gasteiger charge is -2.32. The molecule has 0 amide bonds. The summed E-state index contributed by atoms with van der Waals surface area (Å²) in [5.41, 5.74) is 1.10. The van der Waals surface area contributed by atoms with Gasteiger partial charge in [0.2, 0.25) is 0 Å². The third kappa shape index (κ3) is 4.03. The number of ether oxygens (including phenoxy) is 3. The Labute approximate surface area is 137 Å². The number of benzene rings is 2. The molecule has 23 heavy (non-hydrogen) atoms. The van der Waals surface area contributed by atoms with Crippen molar-refractivity contribution in [3.63, 3.8) is 0 Å². The lowest BCUT2D eigenvalue weighted by atomic mass is 10.0. The van der Waals surface area contributed by atoms with Crippen LogP contribution in [0.3, 0.4) is 0 Å². The van der Waals surface area contributed by atoms with E-state index in [-0.39, 0.29) is 12.2 Å². The summed E-state index contributed by atoms with van der Waals surface area (Å²) in [6.45, 7) is 4.94. The van der Waals surface area contributed by atoms with Gasteiger partial charge in [-0.25, -0.2) is 0 Å². The highest BCUT2D eigenvalue weighted by Crippen LogP contribution is 2.33. The Bertz CT molecular complexity index is 597. The molecule has 122 valence electrons. The molecule has 0 spiro atoms. The highest BCUT2D eigenvalue weighted by molar-refractivity contribution is 5.40. The second kappa shape index (κ2) is 7.99. The minimum atomic E-state index is -0.175. The van der Waals surface area contributed by atoms with Gasteiger partial charge in [-0.2, -0.15) is 0 Å². The van der Waals surface area contributed by atoms with Crippen LogP contribution in [0.2, 0.25) is 0 Å². The van der Waals surface area contributed by atoms with Crippen molar-refractivity contribution in [3.05, 3.63) is 60.2 Å². The second-order valence-corrected chi connectivity index (χ2v) is 5.44. The van der Waals surface area contributed by atoms with Crippen molar-refractivity contribution in [2.75, 3.05) is 26.3 Å². The Morgan fingerprint density at radius 3 is 2.52 bits per heavy atom. The summed E-state index contributed by atoms with van der Waals surface area (Å²) in [5, 5.41) is 3.37. The monoisotopic (exact) mass is 313 g/mol. The molecule has 3 rings (SSSR count). The van der Waals surface area contributed by atoms with Crippen LogP contribution in [0.1, 0.15) is 18.6 Å². The highest BCUT2D eigenvalue weighted by atomic mass is 16.6. The lowest BCUT2D eigenvalue weighted by molar-refractivity contribution is -0.0439. The first kappa shape index (κ1) is 15.8. The molecule has 4 heteroatoms. The van der Waals surface area contributed by atoms with Gasteiger partial charge < -0.3 is 19.5 Å². The average molecular weight is 313 g/mol. The highest BCUT2D eigenvalue weighted by Gasteiger charge is 2.28. The van der Waals surface area contributed by atoms with Crippen molar-refractivity contribution < 1.29 is 14.2 Å². The zero-order valence-corrected chi connectivity index (χ0v) is 13.4. The van der Waals surface area contributed by atoms with Gasteiger partial charge in [-0.15, -0.1) is 0 Å². The Morgan fingerprint density at radius 1 is 1.09 bits per heavy atom. The van der Waals surface area contributed by atoms with E-state index in [1.807, 2.05) is 49.4 Å². The van der Waals surface area contributed by atoms with Gasteiger partial charge in [0, 0.05) is 13.1 Å². The van der Waals surface area contributed by atoms with E-state index < -0.39 is 0 Å². The average Bonchev–Trinajstić information content (AvgIpc) is 2.63. The van der Waals surface area contributed by atoms with Crippen molar-refractivity contribution in [3.8, 4) is 11.5 Å². The van der Waals surface area contributed by atoms with Crippen LogP contribution in [0.4, 0.5) is 0 Å². The van der Waals surface area contributed by atoms with E-state index in [4.69, 9.17) is 14.2 Å². The van der Waals surface area contributed by atoms with Crippen molar-refractivity contribution >= 4 is 0 Å². The molecule has 1 saturated heterocycles. The van der Waals surface area contributed by atoms with Gasteiger partial charge in [0.15, 0.2) is 17.6 Å². The van der Waals surface area contributed by atoms with E-state index >= 15 is 0 Å². The minimum Gasteiger partial charge on any atom is -0.490 e. The molecule has 0 saturated carbocycles. The molecule has 1 aliphatic heterocycles. The Balaban J connectivity index is 1.86. The fourth-order valence-corrected chi connectivity index (χ4v) is 2.74. The molecule has 0 bridgehead atoms. The van der Waals surface area contributed by atoms with E-state index in [9.17, 15) is 0 Å². The summed E-state index contributed by atoms with van der Waals surface area (Å²) in [6, 6.07) is 18.0. The van der Waals surface area contributed by atoms with E-state index in [2.05, 4.69) is 17.4 Å². The van der Waals surface area contributed by atoms with E-state index in [0.717, 1.165) is 30.2 Å². The molecule has 2 atom stereocenters. The van der Waals surface area contributed by atoms with Crippen LogP contribution in [0.5, 0.6) is 11.5 Å². The first-order valence-corrected chi connectivity index (χ1v) is 8.14. The maximum atomic E-state index is 6.33. The number of morpholine rings is 1. The van der Waals surface area contributed by atoms with Gasteiger partial charge in [-0.05, 0) is 24.6 Å². The van der Waals surface area contributed by atoms with Gasteiger partial charge in [0.05, 0.1) is 13.2 Å². The molecule has 1 aliphatic rings. The Morgan fingerprint density at radius 2 is 1.83 bits per heavy atom. The first-order valence-electron chi connectivity index (χ1n) is 8.14. The predicted molar refractivity (Wildman–Crippen MR) is 90.0 cm³/mol. The van der Waals surface area contributed by atoms with Crippen molar-refractivity contribution in [2.24, 2.45) is 0 Å². The fourth-order valence-electron chi connectivity index (χ4n) is 2.74. The second-order valence-electron chi connectivity index (χ2n) is 5.44. The summed E-state index contributed by atoms with van der Waals surface area (Å²) in [6.07, 6.45) is -0.202. The summed E-state index contributed by atoms with van der Waals surface area (Å²) >= 11 is 0. The van der Waals surface area contributed by atoms with Gasteiger partial charge in [0.25, 0.3) is 0 Å². The molecule has 0 aliphatic carbocycles. The predicted octanol–water partition coefficient (Wildman–Crippen LogP) is 3.19. The fraction of sp³-hybridized carbons (Fsp3) is 0.368. The maximum absolute atomic E-state index is 6.33. The lowest BCUT2D eigenvalue weighted by Crippen LogP contribution is -2.43. The zero-order chi connectivity index (χ0) is 15.9. The largest absolute Gasteiger partial charge is 0.490 e. The number of rotatable bonds is 6. The van der Waals surface area contributed by atoms with Crippen LogP contribution in [-0.2, 0) is 4.74 Å². The van der Waals surface area contributed by atoms with Crippen LogP contribution in [0.25, 0.3) is 0 Å². The smallest absolute Gasteiger partial charge is 0.162 e. The number of hydrogen-bond acceptors (Lipinski definition) is 4. The summed E-state index contributed by atoms with van der Waals surface area (Å²) in [7, 11) is 0. The van der Waals surface area contributed by atoms with Crippen molar-refractivity contribution in [1.82, 2.24) is 5.32 Å².